The van der Waals surface area contributed by atoms with Gasteiger partial charge in [0.1, 0.15) is 22.9 Å². The number of methoxy groups -OCH3 is 1. The molecule has 2 N–H and O–H groups in total. The molecule has 10 nitrogen and oxygen atoms in total. The summed E-state index contributed by atoms with van der Waals surface area (Å²) in [4.78, 5) is 36.4. The van der Waals surface area contributed by atoms with Crippen LogP contribution in [0.25, 0.3) is 0 Å². The average Bonchev–Trinajstić information content (AvgIpc) is 2.85. The topological polar surface area (TPSA) is 129 Å². The standard InChI is InChI=1S/C25H25N3O7/c1-4-34-18-11-9-17(10-12-18)26-24(29)16(2)35-23-8-6-5-7-20(23)25(30)27-21-14-13-19(33-3)15-22(21)28(31)32/h5-16H,4H2,1-3H3,(H,26,29)(H,27,30). The van der Waals surface area contributed by atoms with Gasteiger partial charge in [-0.2, -0.15) is 0 Å². The highest BCUT2D eigenvalue weighted by atomic mass is 16.6. The second kappa shape index (κ2) is 11.5. The number of carbonyl (C=O) groups excluding carboxylic acids is 2. The summed E-state index contributed by atoms with van der Waals surface area (Å²) >= 11 is 0. The fourth-order valence-electron chi connectivity index (χ4n) is 3.13. The van der Waals surface area contributed by atoms with E-state index in [0.29, 0.717) is 18.0 Å². The van der Waals surface area contributed by atoms with Crippen molar-refractivity contribution in [2.75, 3.05) is 24.4 Å². The molecule has 0 radical (unpaired) electrons. The molecule has 0 spiro atoms. The summed E-state index contributed by atoms with van der Waals surface area (Å²) in [5, 5.41) is 16.7. The maximum Gasteiger partial charge on any atom is 0.296 e. The van der Waals surface area contributed by atoms with Gasteiger partial charge in [0.25, 0.3) is 17.5 Å². The Labute approximate surface area is 202 Å². The lowest BCUT2D eigenvalue weighted by atomic mass is 10.1. The van der Waals surface area contributed by atoms with Crippen LogP contribution in [-0.4, -0.2) is 36.6 Å². The zero-order chi connectivity index (χ0) is 25.4. The first kappa shape index (κ1) is 25.0. The first-order valence-electron chi connectivity index (χ1n) is 10.8. The number of amides is 2. The normalized spacial score (nSPS) is 11.2. The van der Waals surface area contributed by atoms with Gasteiger partial charge >= 0.3 is 0 Å². The smallest absolute Gasteiger partial charge is 0.296 e. The lowest BCUT2D eigenvalue weighted by Gasteiger charge is -2.17. The zero-order valence-electron chi connectivity index (χ0n) is 19.4. The first-order valence-corrected chi connectivity index (χ1v) is 10.8. The van der Waals surface area contributed by atoms with E-state index in [1.54, 1.807) is 43.3 Å². The molecule has 35 heavy (non-hydrogen) atoms. The first-order chi connectivity index (χ1) is 16.8. The van der Waals surface area contributed by atoms with Crippen LogP contribution in [0.2, 0.25) is 0 Å². The predicted octanol–water partition coefficient (Wildman–Crippen LogP) is 4.66. The van der Waals surface area contributed by atoms with Gasteiger partial charge < -0.3 is 24.8 Å². The van der Waals surface area contributed by atoms with E-state index in [0.717, 1.165) is 0 Å². The van der Waals surface area contributed by atoms with Crippen molar-refractivity contribution in [3.05, 3.63) is 82.4 Å². The quantitative estimate of drug-likeness (QED) is 0.320. The molecule has 0 aliphatic rings. The minimum Gasteiger partial charge on any atom is -0.496 e. The van der Waals surface area contributed by atoms with Crippen molar-refractivity contribution in [2.24, 2.45) is 0 Å². The Balaban J connectivity index is 1.72. The molecule has 0 aromatic heterocycles. The monoisotopic (exact) mass is 479 g/mol. The van der Waals surface area contributed by atoms with Crippen molar-refractivity contribution in [2.45, 2.75) is 20.0 Å². The maximum absolute atomic E-state index is 12.9. The Morgan fingerprint density at radius 3 is 2.34 bits per heavy atom. The molecule has 182 valence electrons. The van der Waals surface area contributed by atoms with Crippen molar-refractivity contribution < 1.29 is 28.7 Å². The molecular weight excluding hydrogens is 454 g/mol. The highest BCUT2D eigenvalue weighted by Crippen LogP contribution is 2.30. The van der Waals surface area contributed by atoms with Gasteiger partial charge in [0.05, 0.1) is 30.3 Å². The number of nitro groups is 1. The SMILES string of the molecule is CCOc1ccc(NC(=O)C(C)Oc2ccccc2C(=O)Nc2ccc(OC)cc2[N+](=O)[O-])cc1. The fourth-order valence-corrected chi connectivity index (χ4v) is 3.13. The van der Waals surface area contributed by atoms with E-state index in [1.807, 2.05) is 6.92 Å². The molecule has 10 heteroatoms. The molecule has 3 rings (SSSR count). The van der Waals surface area contributed by atoms with Crippen LogP contribution in [0.15, 0.2) is 66.7 Å². The number of hydrogen-bond acceptors (Lipinski definition) is 7. The van der Waals surface area contributed by atoms with E-state index in [9.17, 15) is 19.7 Å². The summed E-state index contributed by atoms with van der Waals surface area (Å²) in [7, 11) is 1.39. The third kappa shape index (κ3) is 6.47. The summed E-state index contributed by atoms with van der Waals surface area (Å²) in [5.41, 5.74) is 0.348. The lowest BCUT2D eigenvalue weighted by molar-refractivity contribution is -0.384. The minimum atomic E-state index is -0.939. The number of rotatable bonds is 10. The Bertz CT molecular complexity index is 1210. The molecule has 3 aromatic rings. The van der Waals surface area contributed by atoms with Gasteiger partial charge in [-0.05, 0) is 62.4 Å². The number of anilines is 2. The second-order valence-electron chi connectivity index (χ2n) is 7.30. The molecule has 0 heterocycles. The highest BCUT2D eigenvalue weighted by Gasteiger charge is 2.22. The summed E-state index contributed by atoms with van der Waals surface area (Å²) in [6.07, 6.45) is -0.939. The van der Waals surface area contributed by atoms with Crippen LogP contribution < -0.4 is 24.8 Å². The van der Waals surface area contributed by atoms with E-state index in [-0.39, 0.29) is 28.4 Å². The molecule has 0 aliphatic carbocycles. The highest BCUT2D eigenvalue weighted by molar-refractivity contribution is 6.07. The largest absolute Gasteiger partial charge is 0.496 e. The second-order valence-corrected chi connectivity index (χ2v) is 7.30. The molecular formula is C25H25N3O7. The number of nitrogens with zero attached hydrogens (tertiary/aromatic N) is 1. The van der Waals surface area contributed by atoms with E-state index in [1.165, 1.54) is 37.4 Å². The van der Waals surface area contributed by atoms with Gasteiger partial charge in [0.2, 0.25) is 0 Å². The number of ether oxygens (including phenoxy) is 3. The number of hydrogen-bond donors (Lipinski definition) is 2. The van der Waals surface area contributed by atoms with Crippen molar-refractivity contribution in [1.29, 1.82) is 0 Å². The molecule has 3 aromatic carbocycles. The fraction of sp³-hybridized carbons (Fsp3) is 0.200. The van der Waals surface area contributed by atoms with Crippen LogP contribution in [0, 0.1) is 10.1 Å². The van der Waals surface area contributed by atoms with Crippen molar-refractivity contribution in [1.82, 2.24) is 0 Å². The summed E-state index contributed by atoms with van der Waals surface area (Å²) in [6, 6.07) is 17.3. The molecule has 2 amide bonds. The van der Waals surface area contributed by atoms with Crippen LogP contribution in [-0.2, 0) is 4.79 Å². The minimum absolute atomic E-state index is 0.00288. The molecule has 1 unspecified atom stereocenters. The van der Waals surface area contributed by atoms with Crippen molar-refractivity contribution in [3.8, 4) is 17.2 Å². The number of nitro benzene ring substituents is 1. The number of nitrogens with one attached hydrogen (secondary N) is 2. The average molecular weight is 479 g/mol. The molecule has 0 bridgehead atoms. The lowest BCUT2D eigenvalue weighted by Crippen LogP contribution is -2.30. The Morgan fingerprint density at radius 1 is 1.00 bits per heavy atom. The predicted molar refractivity (Wildman–Crippen MR) is 130 cm³/mol. The van der Waals surface area contributed by atoms with Crippen LogP contribution in [0.1, 0.15) is 24.2 Å². The molecule has 0 saturated heterocycles. The van der Waals surface area contributed by atoms with Gasteiger partial charge in [-0.15, -0.1) is 0 Å². The van der Waals surface area contributed by atoms with Crippen LogP contribution in [0.5, 0.6) is 17.2 Å². The third-order valence-corrected chi connectivity index (χ3v) is 4.89. The Kier molecular flexibility index (Phi) is 8.23. The van der Waals surface area contributed by atoms with E-state index in [4.69, 9.17) is 14.2 Å². The Hall–Kier alpha value is -4.60. The van der Waals surface area contributed by atoms with Crippen LogP contribution in [0.3, 0.4) is 0 Å². The van der Waals surface area contributed by atoms with Gasteiger partial charge in [0.15, 0.2) is 6.10 Å². The summed E-state index contributed by atoms with van der Waals surface area (Å²) in [5.74, 6) is 0.0660. The third-order valence-electron chi connectivity index (χ3n) is 4.89. The number of carbonyl (C=O) groups is 2. The van der Waals surface area contributed by atoms with Crippen molar-refractivity contribution in [3.63, 3.8) is 0 Å². The van der Waals surface area contributed by atoms with E-state index in [2.05, 4.69) is 10.6 Å². The van der Waals surface area contributed by atoms with Gasteiger partial charge in [-0.25, -0.2) is 0 Å². The molecule has 1 atom stereocenters. The van der Waals surface area contributed by atoms with Crippen LogP contribution in [0.4, 0.5) is 17.1 Å². The van der Waals surface area contributed by atoms with Gasteiger partial charge in [-0.1, -0.05) is 12.1 Å². The van der Waals surface area contributed by atoms with Crippen LogP contribution >= 0.6 is 0 Å². The molecule has 0 aliphatic heterocycles. The number of para-hydroxylation sites is 1. The van der Waals surface area contributed by atoms with E-state index < -0.39 is 22.8 Å². The van der Waals surface area contributed by atoms with Gasteiger partial charge in [-0.3, -0.25) is 19.7 Å². The van der Waals surface area contributed by atoms with Gasteiger partial charge in [0, 0.05) is 5.69 Å². The molecule has 0 saturated carbocycles. The molecule has 0 fully saturated rings. The maximum atomic E-state index is 12.9. The van der Waals surface area contributed by atoms with Crippen molar-refractivity contribution >= 4 is 28.9 Å². The summed E-state index contributed by atoms with van der Waals surface area (Å²) < 4.78 is 16.2. The summed E-state index contributed by atoms with van der Waals surface area (Å²) in [6.45, 7) is 3.97. The Morgan fingerprint density at radius 2 is 1.69 bits per heavy atom. The van der Waals surface area contributed by atoms with E-state index >= 15 is 0 Å². The zero-order valence-corrected chi connectivity index (χ0v) is 19.4. The number of benzene rings is 3.